The van der Waals surface area contributed by atoms with Gasteiger partial charge in [0.15, 0.2) is 0 Å². The van der Waals surface area contributed by atoms with Gasteiger partial charge in [-0.1, -0.05) is 73.8 Å². The number of hydrogen-bond donors (Lipinski definition) is 1. The van der Waals surface area contributed by atoms with Crippen LogP contribution in [-0.4, -0.2) is 25.3 Å². The van der Waals surface area contributed by atoms with E-state index in [9.17, 15) is 4.79 Å². The summed E-state index contributed by atoms with van der Waals surface area (Å²) in [6.45, 7) is 5.50. The monoisotopic (exact) mass is 490 g/mol. The lowest BCUT2D eigenvalue weighted by molar-refractivity contribution is 0.0729. The second-order valence-corrected chi connectivity index (χ2v) is 9.80. The van der Waals surface area contributed by atoms with Crippen LogP contribution < -0.4 is 19.1 Å². The summed E-state index contributed by atoms with van der Waals surface area (Å²) in [7, 11) is 2.09. The molecule has 4 rings (SSSR count). The van der Waals surface area contributed by atoms with Crippen LogP contribution in [0.25, 0.3) is 0 Å². The smallest absolute Gasteiger partial charge is 0.347 e. The Labute approximate surface area is 213 Å². The van der Waals surface area contributed by atoms with E-state index in [-0.39, 0.29) is 6.04 Å². The number of ether oxygens (including phenoxy) is 2. The van der Waals surface area contributed by atoms with Crippen molar-refractivity contribution in [3.8, 4) is 11.5 Å². The molecule has 0 aliphatic carbocycles. The molecular formula is C29H34N2O3S. The van der Waals surface area contributed by atoms with Crippen LogP contribution in [0.15, 0.2) is 66.7 Å². The van der Waals surface area contributed by atoms with E-state index in [1.54, 1.807) is 24.1 Å². The van der Waals surface area contributed by atoms with Crippen molar-refractivity contribution >= 4 is 23.6 Å². The molecule has 0 aromatic heterocycles. The fourth-order valence-corrected chi connectivity index (χ4v) is 5.41. The van der Waals surface area contributed by atoms with Gasteiger partial charge in [0.05, 0.1) is 0 Å². The third-order valence-electron chi connectivity index (χ3n) is 6.27. The molecule has 0 spiro atoms. The number of nitrogens with one attached hydrogen (secondary N) is 1. The molecule has 184 valence electrons. The molecule has 1 atom stereocenters. The van der Waals surface area contributed by atoms with Crippen LogP contribution in [0.1, 0.15) is 59.3 Å². The molecule has 0 saturated heterocycles. The Morgan fingerprint density at radius 2 is 1.83 bits per heavy atom. The molecule has 0 saturated carbocycles. The summed E-state index contributed by atoms with van der Waals surface area (Å²) in [4.78, 5) is 15.7. The lowest BCUT2D eigenvalue weighted by Gasteiger charge is -2.36. The molecular weight excluding hydrogens is 456 g/mol. The van der Waals surface area contributed by atoms with E-state index in [2.05, 4.69) is 23.6 Å². The van der Waals surface area contributed by atoms with Gasteiger partial charge in [0.25, 0.3) is 0 Å². The minimum atomic E-state index is -0.402. The number of fused-ring (bicyclic) bond motifs is 1. The molecule has 1 N–H and O–H groups in total. The fourth-order valence-electron chi connectivity index (χ4n) is 4.41. The summed E-state index contributed by atoms with van der Waals surface area (Å²) in [5, 5.41) is 0. The molecule has 35 heavy (non-hydrogen) atoms. The van der Waals surface area contributed by atoms with E-state index in [1.807, 2.05) is 61.5 Å². The molecule has 0 radical (unpaired) electrons. The number of nitrogens with zero attached hydrogens (tertiary/aromatic N) is 1. The van der Waals surface area contributed by atoms with Crippen LogP contribution in [0.3, 0.4) is 0 Å². The van der Waals surface area contributed by atoms with Crippen molar-refractivity contribution in [2.24, 2.45) is 0 Å². The highest BCUT2D eigenvalue weighted by atomic mass is 32.2. The number of carbonyl (C=O) groups is 1. The van der Waals surface area contributed by atoms with Crippen molar-refractivity contribution in [3.63, 3.8) is 0 Å². The van der Waals surface area contributed by atoms with Crippen LogP contribution in [-0.2, 0) is 6.61 Å². The summed E-state index contributed by atoms with van der Waals surface area (Å²) in [6, 6.07) is 21.4. The van der Waals surface area contributed by atoms with Crippen molar-refractivity contribution in [1.82, 2.24) is 4.72 Å². The van der Waals surface area contributed by atoms with E-state index in [0.29, 0.717) is 23.7 Å². The number of para-hydroxylation sites is 1. The van der Waals surface area contributed by atoms with Crippen LogP contribution in [0.5, 0.6) is 11.5 Å². The van der Waals surface area contributed by atoms with Crippen molar-refractivity contribution < 1.29 is 14.3 Å². The normalized spacial score (nSPS) is 14.9. The first-order valence-corrected chi connectivity index (χ1v) is 13.3. The van der Waals surface area contributed by atoms with Crippen molar-refractivity contribution in [2.75, 3.05) is 24.2 Å². The van der Waals surface area contributed by atoms with E-state index in [1.165, 1.54) is 18.4 Å². The summed E-state index contributed by atoms with van der Waals surface area (Å²) in [5.74, 6) is 1.76. The maximum Gasteiger partial charge on any atom is 0.347 e. The summed E-state index contributed by atoms with van der Waals surface area (Å²) in [5.41, 5.74) is 4.66. The molecule has 5 nitrogen and oxygen atoms in total. The van der Waals surface area contributed by atoms with Crippen LogP contribution in [0.2, 0.25) is 0 Å². The summed E-state index contributed by atoms with van der Waals surface area (Å²) in [6.07, 6.45) is 3.36. The van der Waals surface area contributed by atoms with E-state index in [4.69, 9.17) is 9.47 Å². The van der Waals surface area contributed by atoms with Gasteiger partial charge in [-0.15, -0.1) is 0 Å². The van der Waals surface area contributed by atoms with Crippen LogP contribution in [0, 0.1) is 6.92 Å². The zero-order valence-corrected chi connectivity index (χ0v) is 21.6. The first-order chi connectivity index (χ1) is 17.1. The first kappa shape index (κ1) is 25.1. The average molecular weight is 491 g/mol. The molecule has 0 fully saturated rings. The Morgan fingerprint density at radius 1 is 1.11 bits per heavy atom. The Bertz CT molecular complexity index is 1120. The molecule has 1 heterocycles. The maximum atomic E-state index is 13.4. The Morgan fingerprint density at radius 3 is 2.54 bits per heavy atom. The molecule has 6 heteroatoms. The van der Waals surface area contributed by atoms with E-state index < -0.39 is 5.97 Å². The average Bonchev–Trinajstić information content (AvgIpc) is 2.87. The third-order valence-corrected chi connectivity index (χ3v) is 7.21. The number of rotatable bonds is 10. The highest BCUT2D eigenvalue weighted by molar-refractivity contribution is 7.97. The minimum absolute atomic E-state index is 0.194. The van der Waals surface area contributed by atoms with Gasteiger partial charge >= 0.3 is 5.97 Å². The van der Waals surface area contributed by atoms with Gasteiger partial charge in [-0.25, -0.2) is 4.79 Å². The Kier molecular flexibility index (Phi) is 8.72. The maximum absolute atomic E-state index is 13.4. The second kappa shape index (κ2) is 12.1. The largest absolute Gasteiger partial charge is 0.488 e. The molecule has 3 aromatic rings. The molecule has 0 amide bonds. The van der Waals surface area contributed by atoms with Crippen molar-refractivity contribution in [1.29, 1.82) is 0 Å². The quantitative estimate of drug-likeness (QED) is 0.147. The fraction of sp³-hybridized carbons (Fsp3) is 0.345. The Balaban J connectivity index is 1.70. The second-order valence-electron chi connectivity index (χ2n) is 8.87. The van der Waals surface area contributed by atoms with Gasteiger partial charge in [0, 0.05) is 31.1 Å². The van der Waals surface area contributed by atoms with E-state index in [0.717, 1.165) is 35.5 Å². The predicted octanol–water partition coefficient (Wildman–Crippen LogP) is 6.71. The van der Waals surface area contributed by atoms with Gasteiger partial charge in [0.1, 0.15) is 23.7 Å². The van der Waals surface area contributed by atoms with E-state index >= 15 is 0 Å². The lowest BCUT2D eigenvalue weighted by atomic mass is 9.91. The highest BCUT2D eigenvalue weighted by Crippen LogP contribution is 2.42. The van der Waals surface area contributed by atoms with Gasteiger partial charge in [-0.05, 0) is 54.7 Å². The van der Waals surface area contributed by atoms with Crippen LogP contribution in [0.4, 0.5) is 5.69 Å². The first-order valence-electron chi connectivity index (χ1n) is 12.3. The third kappa shape index (κ3) is 6.19. The number of unbranched alkanes of at least 4 members (excludes halogenated alkanes) is 1. The van der Waals surface area contributed by atoms with Gasteiger partial charge in [0.2, 0.25) is 0 Å². The number of esters is 1. The number of anilines is 1. The summed E-state index contributed by atoms with van der Waals surface area (Å²) >= 11 is 1.78. The lowest BCUT2D eigenvalue weighted by Crippen LogP contribution is -2.33. The molecule has 3 aromatic carbocycles. The SMILES string of the molecule is CCCCSNC1CCN(C)c2c1cc(OCc1ccccc1)c(C(=O)Oc1ccccc1)c2C. The molecule has 1 aliphatic heterocycles. The Hall–Kier alpha value is -2.96. The number of benzene rings is 3. The topological polar surface area (TPSA) is 50.8 Å². The van der Waals surface area contributed by atoms with Crippen molar-refractivity contribution in [2.45, 2.75) is 45.8 Å². The van der Waals surface area contributed by atoms with Gasteiger partial charge in [-0.3, -0.25) is 4.72 Å². The number of hydrogen-bond acceptors (Lipinski definition) is 6. The van der Waals surface area contributed by atoms with Gasteiger partial charge < -0.3 is 14.4 Å². The zero-order valence-electron chi connectivity index (χ0n) is 20.8. The molecule has 1 unspecified atom stereocenters. The highest BCUT2D eigenvalue weighted by Gasteiger charge is 2.31. The number of carbonyl (C=O) groups excluding carboxylic acids is 1. The minimum Gasteiger partial charge on any atom is -0.488 e. The zero-order chi connectivity index (χ0) is 24.6. The predicted molar refractivity (Wildman–Crippen MR) is 144 cm³/mol. The molecule has 1 aliphatic rings. The standard InChI is InChI=1S/C29H34N2O3S/c1-4-5-18-35-30-25-16-17-31(3)28-21(2)27(29(32)34-23-14-10-7-11-15-23)26(19-24(25)28)33-20-22-12-8-6-9-13-22/h6-15,19,25,30H,4-5,16-18,20H2,1-3H3. The van der Waals surface area contributed by atoms with Crippen molar-refractivity contribution in [3.05, 3.63) is 89.0 Å². The summed E-state index contributed by atoms with van der Waals surface area (Å²) < 4.78 is 15.7. The van der Waals surface area contributed by atoms with Gasteiger partial charge in [-0.2, -0.15) is 0 Å². The van der Waals surface area contributed by atoms with Crippen LogP contribution >= 0.6 is 11.9 Å². The molecule has 0 bridgehead atoms.